The van der Waals surface area contributed by atoms with Crippen LogP contribution in [0.2, 0.25) is 0 Å². The van der Waals surface area contributed by atoms with E-state index >= 15 is 0 Å². The maximum absolute atomic E-state index is 3.45. The molecule has 2 unspecified atom stereocenters. The van der Waals surface area contributed by atoms with Crippen molar-refractivity contribution in [1.29, 1.82) is 0 Å². The second-order valence-electron chi connectivity index (χ2n) is 5.46. The quantitative estimate of drug-likeness (QED) is 0.753. The molecule has 0 aliphatic carbocycles. The lowest BCUT2D eigenvalue weighted by Gasteiger charge is -2.38. The van der Waals surface area contributed by atoms with Crippen LogP contribution in [0.15, 0.2) is 0 Å². The zero-order chi connectivity index (χ0) is 11.3. The van der Waals surface area contributed by atoms with Gasteiger partial charge in [0.05, 0.1) is 0 Å². The lowest BCUT2D eigenvalue weighted by Crippen LogP contribution is -2.53. The molecule has 1 rings (SSSR count). The van der Waals surface area contributed by atoms with Gasteiger partial charge in [-0.25, -0.2) is 0 Å². The van der Waals surface area contributed by atoms with Crippen molar-refractivity contribution in [3.63, 3.8) is 0 Å². The summed E-state index contributed by atoms with van der Waals surface area (Å²) in [5.74, 6) is 0.859. The lowest BCUT2D eigenvalue weighted by molar-refractivity contribution is 0.118. The standard InChI is InChI=1S/C13H28N2/c1-11(2)6-5-7-12(3)15-9-8-14-10-13(15)4/h11-14H,5-10H2,1-4H3. The molecule has 1 aliphatic rings. The van der Waals surface area contributed by atoms with Crippen molar-refractivity contribution < 1.29 is 0 Å². The molecule has 1 aliphatic heterocycles. The molecule has 0 aromatic heterocycles. The minimum absolute atomic E-state index is 0.716. The SMILES string of the molecule is CC(C)CCCC(C)N1CCNCC1C. The summed E-state index contributed by atoms with van der Waals surface area (Å²) in [4.78, 5) is 2.66. The van der Waals surface area contributed by atoms with Crippen molar-refractivity contribution in [3.05, 3.63) is 0 Å². The fraction of sp³-hybridized carbons (Fsp3) is 1.00. The number of nitrogens with one attached hydrogen (secondary N) is 1. The van der Waals surface area contributed by atoms with Crippen LogP contribution >= 0.6 is 0 Å². The molecule has 1 heterocycles. The van der Waals surface area contributed by atoms with E-state index in [1.54, 1.807) is 0 Å². The first-order valence-corrected chi connectivity index (χ1v) is 6.57. The van der Waals surface area contributed by atoms with E-state index in [2.05, 4.69) is 37.9 Å². The average Bonchev–Trinajstić information content (AvgIpc) is 2.17. The van der Waals surface area contributed by atoms with Gasteiger partial charge in [0.15, 0.2) is 0 Å². The zero-order valence-electron chi connectivity index (χ0n) is 10.9. The van der Waals surface area contributed by atoms with Crippen LogP contribution in [-0.4, -0.2) is 36.6 Å². The molecule has 0 spiro atoms. The average molecular weight is 212 g/mol. The molecule has 1 N–H and O–H groups in total. The summed E-state index contributed by atoms with van der Waals surface area (Å²) in [7, 11) is 0. The molecule has 2 atom stereocenters. The molecule has 0 radical (unpaired) electrons. The number of piperazine rings is 1. The Morgan fingerprint density at radius 2 is 2.00 bits per heavy atom. The third-order valence-corrected chi connectivity index (χ3v) is 3.52. The highest BCUT2D eigenvalue weighted by Gasteiger charge is 2.22. The van der Waals surface area contributed by atoms with E-state index in [-0.39, 0.29) is 0 Å². The summed E-state index contributed by atoms with van der Waals surface area (Å²) < 4.78 is 0. The van der Waals surface area contributed by atoms with E-state index in [1.165, 1.54) is 32.4 Å². The number of hydrogen-bond donors (Lipinski definition) is 1. The molecule has 2 heteroatoms. The monoisotopic (exact) mass is 212 g/mol. The third-order valence-electron chi connectivity index (χ3n) is 3.52. The normalized spacial score (nSPS) is 25.8. The van der Waals surface area contributed by atoms with Gasteiger partial charge in [-0.2, -0.15) is 0 Å². The minimum atomic E-state index is 0.716. The Morgan fingerprint density at radius 3 is 2.60 bits per heavy atom. The van der Waals surface area contributed by atoms with Crippen LogP contribution in [0, 0.1) is 5.92 Å². The van der Waals surface area contributed by atoms with Crippen molar-refractivity contribution in [1.82, 2.24) is 10.2 Å². The van der Waals surface area contributed by atoms with E-state index < -0.39 is 0 Å². The molecule has 90 valence electrons. The molecular weight excluding hydrogens is 184 g/mol. The maximum atomic E-state index is 3.45. The van der Waals surface area contributed by atoms with E-state index in [9.17, 15) is 0 Å². The fourth-order valence-electron chi connectivity index (χ4n) is 2.50. The molecule has 0 amide bonds. The summed E-state index contributed by atoms with van der Waals surface area (Å²) in [6.45, 7) is 12.9. The van der Waals surface area contributed by atoms with Crippen LogP contribution in [0.3, 0.4) is 0 Å². The molecule has 0 aromatic rings. The van der Waals surface area contributed by atoms with E-state index in [1.807, 2.05) is 0 Å². The number of rotatable bonds is 5. The molecule has 15 heavy (non-hydrogen) atoms. The lowest BCUT2D eigenvalue weighted by atomic mass is 10.0. The van der Waals surface area contributed by atoms with Gasteiger partial charge >= 0.3 is 0 Å². The van der Waals surface area contributed by atoms with Crippen LogP contribution in [0.25, 0.3) is 0 Å². The van der Waals surface area contributed by atoms with Gasteiger partial charge in [0, 0.05) is 31.7 Å². The Morgan fingerprint density at radius 1 is 1.27 bits per heavy atom. The maximum Gasteiger partial charge on any atom is 0.0195 e. The highest BCUT2D eigenvalue weighted by atomic mass is 15.2. The van der Waals surface area contributed by atoms with Crippen LogP contribution in [0.5, 0.6) is 0 Å². The summed E-state index contributed by atoms with van der Waals surface area (Å²) in [6.07, 6.45) is 4.13. The van der Waals surface area contributed by atoms with E-state index in [4.69, 9.17) is 0 Å². The van der Waals surface area contributed by atoms with Gasteiger partial charge < -0.3 is 5.32 Å². The molecule has 1 fully saturated rings. The molecular formula is C13H28N2. The van der Waals surface area contributed by atoms with Crippen LogP contribution in [0.4, 0.5) is 0 Å². The van der Waals surface area contributed by atoms with Gasteiger partial charge in [-0.3, -0.25) is 4.90 Å². The van der Waals surface area contributed by atoms with Crippen molar-refractivity contribution >= 4 is 0 Å². The van der Waals surface area contributed by atoms with Crippen LogP contribution in [0.1, 0.15) is 47.0 Å². The zero-order valence-corrected chi connectivity index (χ0v) is 10.9. The van der Waals surface area contributed by atoms with E-state index in [0.717, 1.165) is 18.5 Å². The fourth-order valence-corrected chi connectivity index (χ4v) is 2.50. The van der Waals surface area contributed by atoms with Crippen LogP contribution in [-0.2, 0) is 0 Å². The molecule has 0 aromatic carbocycles. The van der Waals surface area contributed by atoms with Gasteiger partial charge in [-0.1, -0.05) is 26.7 Å². The van der Waals surface area contributed by atoms with Gasteiger partial charge in [0.1, 0.15) is 0 Å². The Hall–Kier alpha value is -0.0800. The summed E-state index contributed by atoms with van der Waals surface area (Å²) in [6, 6.07) is 1.48. The predicted molar refractivity (Wildman–Crippen MR) is 67.2 cm³/mol. The largest absolute Gasteiger partial charge is 0.314 e. The highest BCUT2D eigenvalue weighted by Crippen LogP contribution is 2.15. The Balaban J connectivity index is 2.22. The Kier molecular flexibility index (Phi) is 5.62. The molecule has 1 saturated heterocycles. The molecule has 0 saturated carbocycles. The second kappa shape index (κ2) is 6.49. The highest BCUT2D eigenvalue weighted by molar-refractivity contribution is 4.80. The van der Waals surface area contributed by atoms with Gasteiger partial charge in [0.25, 0.3) is 0 Å². The topological polar surface area (TPSA) is 15.3 Å². The van der Waals surface area contributed by atoms with Crippen molar-refractivity contribution in [2.45, 2.75) is 59.0 Å². The molecule has 0 bridgehead atoms. The second-order valence-corrected chi connectivity index (χ2v) is 5.46. The first-order valence-electron chi connectivity index (χ1n) is 6.57. The van der Waals surface area contributed by atoms with Crippen molar-refractivity contribution in [2.75, 3.05) is 19.6 Å². The van der Waals surface area contributed by atoms with E-state index in [0.29, 0.717) is 6.04 Å². The minimum Gasteiger partial charge on any atom is -0.314 e. The van der Waals surface area contributed by atoms with Gasteiger partial charge in [-0.05, 0) is 26.2 Å². The summed E-state index contributed by atoms with van der Waals surface area (Å²) >= 11 is 0. The first-order chi connectivity index (χ1) is 7.11. The Bertz CT molecular complexity index is 168. The molecule has 2 nitrogen and oxygen atoms in total. The Labute approximate surface area is 95.4 Å². The van der Waals surface area contributed by atoms with Crippen molar-refractivity contribution in [2.24, 2.45) is 5.92 Å². The summed E-state index contributed by atoms with van der Waals surface area (Å²) in [5.41, 5.74) is 0. The smallest absolute Gasteiger partial charge is 0.0195 e. The van der Waals surface area contributed by atoms with Gasteiger partial charge in [0.2, 0.25) is 0 Å². The third kappa shape index (κ3) is 4.52. The van der Waals surface area contributed by atoms with Gasteiger partial charge in [-0.15, -0.1) is 0 Å². The first kappa shape index (κ1) is 13.0. The van der Waals surface area contributed by atoms with Crippen LogP contribution < -0.4 is 5.32 Å². The summed E-state index contributed by atoms with van der Waals surface area (Å²) in [5, 5.41) is 3.45. The number of hydrogen-bond acceptors (Lipinski definition) is 2. The predicted octanol–water partition coefficient (Wildman–Crippen LogP) is 2.49. The number of nitrogens with zero attached hydrogens (tertiary/aromatic N) is 1. The van der Waals surface area contributed by atoms with Crippen molar-refractivity contribution in [3.8, 4) is 0 Å².